The third-order valence-electron chi connectivity index (χ3n) is 2.39. The smallest absolute Gasteiger partial charge is 0.242 e. The molecule has 0 aliphatic heterocycles. The van der Waals surface area contributed by atoms with E-state index in [9.17, 15) is 13.5 Å². The molecule has 5 nitrogen and oxygen atoms in total. The van der Waals surface area contributed by atoms with Crippen molar-refractivity contribution >= 4 is 27.3 Å². The van der Waals surface area contributed by atoms with Gasteiger partial charge in [-0.05, 0) is 24.6 Å². The van der Waals surface area contributed by atoms with E-state index < -0.39 is 16.1 Å². The summed E-state index contributed by atoms with van der Waals surface area (Å²) >= 11 is 5.70. The second-order valence-electron chi connectivity index (χ2n) is 3.98. The molecule has 102 valence electrons. The van der Waals surface area contributed by atoms with E-state index in [1.165, 1.54) is 18.2 Å². The van der Waals surface area contributed by atoms with E-state index in [2.05, 4.69) is 4.72 Å². The van der Waals surface area contributed by atoms with Gasteiger partial charge in [-0.3, -0.25) is 0 Å². The zero-order chi connectivity index (χ0) is 13.8. The lowest BCUT2D eigenvalue weighted by molar-refractivity contribution is 0.167. The molecule has 0 aromatic heterocycles. The minimum atomic E-state index is -3.71. The number of rotatable bonds is 6. The van der Waals surface area contributed by atoms with Crippen LogP contribution in [0.25, 0.3) is 0 Å². The summed E-state index contributed by atoms with van der Waals surface area (Å²) in [5.74, 6) is 0. The summed E-state index contributed by atoms with van der Waals surface area (Å²) in [5.41, 5.74) is 5.69. The first-order chi connectivity index (χ1) is 8.36. The van der Waals surface area contributed by atoms with Crippen LogP contribution in [0.3, 0.4) is 0 Å². The highest BCUT2D eigenvalue weighted by atomic mass is 35.5. The Morgan fingerprint density at radius 1 is 1.50 bits per heavy atom. The van der Waals surface area contributed by atoms with E-state index in [1.54, 1.807) is 0 Å². The zero-order valence-electron chi connectivity index (χ0n) is 10.1. The maximum atomic E-state index is 11.9. The molecule has 0 radical (unpaired) electrons. The second kappa shape index (κ2) is 6.38. The number of nitrogens with two attached hydrogens (primary N) is 1. The maximum absolute atomic E-state index is 11.9. The largest absolute Gasteiger partial charge is 0.398 e. The zero-order valence-corrected chi connectivity index (χ0v) is 11.6. The van der Waals surface area contributed by atoms with Crippen molar-refractivity contribution in [2.45, 2.75) is 30.8 Å². The Balaban J connectivity index is 2.80. The SMILES string of the molecule is CCCC(O)CNS(=O)(=O)c1ccc(Cl)cc1N. The predicted molar refractivity (Wildman–Crippen MR) is 72.0 cm³/mol. The maximum Gasteiger partial charge on any atom is 0.242 e. The van der Waals surface area contributed by atoms with Crippen LogP contribution in [0.15, 0.2) is 23.1 Å². The summed E-state index contributed by atoms with van der Waals surface area (Å²) in [6, 6.07) is 4.17. The number of halogens is 1. The lowest BCUT2D eigenvalue weighted by atomic mass is 10.2. The number of nitrogen functional groups attached to an aromatic ring is 1. The summed E-state index contributed by atoms with van der Waals surface area (Å²) in [6.07, 6.45) is 0.628. The van der Waals surface area contributed by atoms with Crippen LogP contribution >= 0.6 is 11.6 Å². The third kappa shape index (κ3) is 4.13. The van der Waals surface area contributed by atoms with Gasteiger partial charge in [0.25, 0.3) is 0 Å². The molecule has 0 fully saturated rings. The molecule has 18 heavy (non-hydrogen) atoms. The standard InChI is InChI=1S/C11H17ClN2O3S/c1-2-3-9(15)7-14-18(16,17)11-5-4-8(12)6-10(11)13/h4-6,9,14-15H,2-3,7,13H2,1H3. The molecule has 0 saturated heterocycles. The second-order valence-corrected chi connectivity index (χ2v) is 6.15. The molecule has 1 unspecified atom stereocenters. The van der Waals surface area contributed by atoms with Gasteiger partial charge >= 0.3 is 0 Å². The van der Waals surface area contributed by atoms with E-state index in [-0.39, 0.29) is 17.1 Å². The van der Waals surface area contributed by atoms with Crippen molar-refractivity contribution in [1.82, 2.24) is 4.72 Å². The Morgan fingerprint density at radius 2 is 2.17 bits per heavy atom. The molecule has 1 rings (SSSR count). The van der Waals surface area contributed by atoms with Gasteiger partial charge in [0, 0.05) is 11.6 Å². The van der Waals surface area contributed by atoms with Crippen molar-refractivity contribution < 1.29 is 13.5 Å². The van der Waals surface area contributed by atoms with E-state index in [1.807, 2.05) is 6.92 Å². The Kier molecular flexibility index (Phi) is 5.40. The number of hydrogen-bond donors (Lipinski definition) is 3. The number of benzene rings is 1. The molecule has 0 heterocycles. The average Bonchev–Trinajstić information content (AvgIpc) is 2.26. The number of anilines is 1. The van der Waals surface area contributed by atoms with E-state index in [0.717, 1.165) is 6.42 Å². The van der Waals surface area contributed by atoms with Crippen molar-refractivity contribution in [3.63, 3.8) is 0 Å². The van der Waals surface area contributed by atoms with Crippen LogP contribution in [0.2, 0.25) is 5.02 Å². The molecule has 1 aromatic carbocycles. The number of aliphatic hydroxyl groups is 1. The van der Waals surface area contributed by atoms with Gasteiger partial charge in [-0.25, -0.2) is 13.1 Å². The van der Waals surface area contributed by atoms with Crippen LogP contribution in [0, 0.1) is 0 Å². The van der Waals surface area contributed by atoms with E-state index in [0.29, 0.717) is 11.4 Å². The molecule has 0 saturated carbocycles. The summed E-state index contributed by atoms with van der Waals surface area (Å²) in [4.78, 5) is -0.0319. The van der Waals surface area contributed by atoms with Gasteiger partial charge in [0.2, 0.25) is 10.0 Å². The highest BCUT2D eigenvalue weighted by molar-refractivity contribution is 7.89. The molecule has 0 bridgehead atoms. The number of hydrogen-bond acceptors (Lipinski definition) is 4. The Labute approximate surface area is 112 Å². The minimum absolute atomic E-state index is 0.0295. The molecule has 7 heteroatoms. The van der Waals surface area contributed by atoms with Gasteiger partial charge in [0.1, 0.15) is 4.90 Å². The van der Waals surface area contributed by atoms with Gasteiger partial charge in [-0.1, -0.05) is 24.9 Å². The number of sulfonamides is 1. The van der Waals surface area contributed by atoms with Crippen LogP contribution in [-0.4, -0.2) is 26.2 Å². The van der Waals surface area contributed by atoms with Gasteiger partial charge in [0.15, 0.2) is 0 Å². The van der Waals surface area contributed by atoms with Crippen LogP contribution in [-0.2, 0) is 10.0 Å². The third-order valence-corrected chi connectivity index (χ3v) is 4.12. The van der Waals surface area contributed by atoms with Crippen molar-refractivity contribution in [3.8, 4) is 0 Å². The Morgan fingerprint density at radius 3 is 2.72 bits per heavy atom. The summed E-state index contributed by atoms with van der Waals surface area (Å²) in [6.45, 7) is 1.88. The van der Waals surface area contributed by atoms with E-state index in [4.69, 9.17) is 17.3 Å². The van der Waals surface area contributed by atoms with Crippen molar-refractivity contribution in [3.05, 3.63) is 23.2 Å². The first kappa shape index (κ1) is 15.2. The van der Waals surface area contributed by atoms with E-state index >= 15 is 0 Å². The monoisotopic (exact) mass is 292 g/mol. The Hall–Kier alpha value is -0.820. The van der Waals surface area contributed by atoms with Crippen LogP contribution in [0.1, 0.15) is 19.8 Å². The molecule has 4 N–H and O–H groups in total. The summed E-state index contributed by atoms with van der Waals surface area (Å²) in [7, 11) is -3.71. The van der Waals surface area contributed by atoms with Crippen molar-refractivity contribution in [2.75, 3.05) is 12.3 Å². The highest BCUT2D eigenvalue weighted by Gasteiger charge is 2.18. The molecule has 1 aromatic rings. The van der Waals surface area contributed by atoms with Crippen molar-refractivity contribution in [2.24, 2.45) is 0 Å². The number of aliphatic hydroxyl groups excluding tert-OH is 1. The molecule has 0 spiro atoms. The lowest BCUT2D eigenvalue weighted by Gasteiger charge is -2.12. The fourth-order valence-corrected chi connectivity index (χ4v) is 2.85. The van der Waals surface area contributed by atoms with Gasteiger partial charge in [0.05, 0.1) is 11.8 Å². The average molecular weight is 293 g/mol. The first-order valence-corrected chi connectivity index (χ1v) is 7.45. The van der Waals surface area contributed by atoms with Gasteiger partial charge in [-0.2, -0.15) is 0 Å². The van der Waals surface area contributed by atoms with Crippen LogP contribution < -0.4 is 10.5 Å². The first-order valence-electron chi connectivity index (χ1n) is 5.59. The van der Waals surface area contributed by atoms with Gasteiger partial charge < -0.3 is 10.8 Å². The molecule has 0 aliphatic carbocycles. The minimum Gasteiger partial charge on any atom is -0.398 e. The summed E-state index contributed by atoms with van der Waals surface area (Å²) in [5, 5.41) is 9.87. The molecule has 0 amide bonds. The molecule has 0 aliphatic rings. The fourth-order valence-electron chi connectivity index (χ4n) is 1.48. The topological polar surface area (TPSA) is 92.4 Å². The molecular formula is C11H17ClN2O3S. The molecule has 1 atom stereocenters. The molecular weight excluding hydrogens is 276 g/mol. The quantitative estimate of drug-likeness (QED) is 0.690. The van der Waals surface area contributed by atoms with Crippen molar-refractivity contribution in [1.29, 1.82) is 0 Å². The van der Waals surface area contributed by atoms with Crippen LogP contribution in [0.4, 0.5) is 5.69 Å². The lowest BCUT2D eigenvalue weighted by Crippen LogP contribution is -2.32. The highest BCUT2D eigenvalue weighted by Crippen LogP contribution is 2.22. The number of nitrogens with one attached hydrogen (secondary N) is 1. The Bertz CT molecular complexity index is 505. The van der Waals surface area contributed by atoms with Gasteiger partial charge in [-0.15, -0.1) is 0 Å². The van der Waals surface area contributed by atoms with Crippen LogP contribution in [0.5, 0.6) is 0 Å². The predicted octanol–water partition coefficient (Wildman–Crippen LogP) is 1.36. The summed E-state index contributed by atoms with van der Waals surface area (Å²) < 4.78 is 26.2. The normalized spacial score (nSPS) is 13.5. The fraction of sp³-hybridized carbons (Fsp3) is 0.455.